The average Bonchev–Trinajstić information content (AvgIpc) is 3.14. The summed E-state index contributed by atoms with van der Waals surface area (Å²) in [6, 6.07) is 18.6. The SMILES string of the molecule is CCOc1ccc(/C(O)=C2/C(=O)C(=O)N(c3ccccc3OC)C2c2cccc(C)c2)c(OCC)c1. The van der Waals surface area contributed by atoms with Gasteiger partial charge in [0.15, 0.2) is 0 Å². The van der Waals surface area contributed by atoms with Gasteiger partial charge in [-0.25, -0.2) is 0 Å². The molecule has 0 aromatic heterocycles. The van der Waals surface area contributed by atoms with Crippen LogP contribution in [0, 0.1) is 6.92 Å². The lowest BCUT2D eigenvalue weighted by Gasteiger charge is -2.27. The van der Waals surface area contributed by atoms with E-state index in [1.165, 1.54) is 12.0 Å². The van der Waals surface area contributed by atoms with E-state index < -0.39 is 17.7 Å². The van der Waals surface area contributed by atoms with E-state index in [2.05, 4.69) is 0 Å². The van der Waals surface area contributed by atoms with Crippen LogP contribution in [0.5, 0.6) is 17.2 Å². The number of nitrogens with zero attached hydrogens (tertiary/aromatic N) is 1. The minimum absolute atomic E-state index is 0.0263. The Balaban J connectivity index is 1.97. The Kier molecular flexibility index (Phi) is 7.29. The molecule has 1 aliphatic rings. The molecule has 1 N–H and O–H groups in total. The number of Topliss-reactive ketones (excluding diaryl/α,β-unsaturated/α-hetero) is 1. The van der Waals surface area contributed by atoms with Crippen LogP contribution in [-0.2, 0) is 9.59 Å². The Morgan fingerprint density at radius 1 is 0.917 bits per heavy atom. The third-order valence-electron chi connectivity index (χ3n) is 5.97. The number of aliphatic hydroxyl groups excluding tert-OH is 1. The number of anilines is 1. The van der Waals surface area contributed by atoms with Gasteiger partial charge < -0.3 is 19.3 Å². The van der Waals surface area contributed by atoms with Crippen molar-refractivity contribution in [2.75, 3.05) is 25.2 Å². The van der Waals surface area contributed by atoms with Gasteiger partial charge in [0.2, 0.25) is 0 Å². The maximum atomic E-state index is 13.5. The third-order valence-corrected chi connectivity index (χ3v) is 5.97. The molecule has 1 saturated heterocycles. The highest BCUT2D eigenvalue weighted by Gasteiger charge is 2.48. The molecule has 186 valence electrons. The fourth-order valence-corrected chi connectivity index (χ4v) is 4.44. The van der Waals surface area contributed by atoms with Gasteiger partial charge in [-0.1, -0.05) is 42.0 Å². The highest BCUT2D eigenvalue weighted by atomic mass is 16.5. The van der Waals surface area contributed by atoms with Gasteiger partial charge in [0.05, 0.1) is 43.2 Å². The molecule has 3 aromatic carbocycles. The van der Waals surface area contributed by atoms with Gasteiger partial charge in [-0.2, -0.15) is 0 Å². The fraction of sp³-hybridized carbons (Fsp3) is 0.241. The van der Waals surface area contributed by atoms with Crippen molar-refractivity contribution >= 4 is 23.1 Å². The topological polar surface area (TPSA) is 85.3 Å². The van der Waals surface area contributed by atoms with Gasteiger partial charge in [0.25, 0.3) is 11.7 Å². The molecule has 1 aliphatic heterocycles. The number of carbonyl (C=O) groups excluding carboxylic acids is 2. The van der Waals surface area contributed by atoms with Crippen LogP contribution in [0.1, 0.15) is 36.6 Å². The molecule has 0 saturated carbocycles. The van der Waals surface area contributed by atoms with Crippen LogP contribution < -0.4 is 19.1 Å². The number of aryl methyl sites for hydroxylation is 1. The Morgan fingerprint density at radius 3 is 2.36 bits per heavy atom. The van der Waals surface area contributed by atoms with Gasteiger partial charge in [-0.05, 0) is 50.6 Å². The lowest BCUT2D eigenvalue weighted by atomic mass is 9.94. The van der Waals surface area contributed by atoms with Gasteiger partial charge >= 0.3 is 0 Å². The second-order valence-electron chi connectivity index (χ2n) is 8.28. The Bertz CT molecular complexity index is 1330. The number of rotatable bonds is 8. The first-order valence-corrected chi connectivity index (χ1v) is 11.8. The van der Waals surface area contributed by atoms with E-state index in [0.29, 0.717) is 47.3 Å². The standard InChI is InChI=1S/C29H29NO6/c1-5-35-20-14-15-21(24(17-20)36-6-2)27(31)25-26(19-11-9-10-18(3)16-19)30(29(33)28(25)32)22-12-7-8-13-23(22)34-4/h7-17,26,31H,5-6H2,1-4H3/b27-25-. The Hall–Kier alpha value is -4.26. The number of carbonyl (C=O) groups is 2. The van der Waals surface area contributed by atoms with E-state index in [4.69, 9.17) is 14.2 Å². The van der Waals surface area contributed by atoms with Crippen molar-refractivity contribution in [3.8, 4) is 17.2 Å². The highest BCUT2D eigenvalue weighted by Crippen LogP contribution is 2.46. The van der Waals surface area contributed by atoms with E-state index in [1.807, 2.05) is 45.0 Å². The zero-order valence-electron chi connectivity index (χ0n) is 20.8. The number of para-hydroxylation sites is 2. The molecule has 0 radical (unpaired) electrons. The van der Waals surface area contributed by atoms with Gasteiger partial charge in [0.1, 0.15) is 23.0 Å². The smallest absolute Gasteiger partial charge is 0.300 e. The first-order chi connectivity index (χ1) is 17.4. The zero-order chi connectivity index (χ0) is 25.8. The van der Waals surface area contributed by atoms with Crippen molar-refractivity contribution in [1.29, 1.82) is 0 Å². The maximum absolute atomic E-state index is 13.5. The summed E-state index contributed by atoms with van der Waals surface area (Å²) in [4.78, 5) is 28.3. The lowest BCUT2D eigenvalue weighted by Crippen LogP contribution is -2.29. The molecule has 1 heterocycles. The number of methoxy groups -OCH3 is 1. The number of hydrogen-bond donors (Lipinski definition) is 1. The second kappa shape index (κ2) is 10.6. The van der Waals surface area contributed by atoms with Gasteiger partial charge in [-0.15, -0.1) is 0 Å². The fourth-order valence-electron chi connectivity index (χ4n) is 4.44. The number of aliphatic hydroxyl groups is 1. The number of ketones is 1. The molecule has 0 spiro atoms. The summed E-state index contributed by atoms with van der Waals surface area (Å²) in [5.74, 6) is -0.496. The van der Waals surface area contributed by atoms with E-state index in [0.717, 1.165) is 5.56 Å². The van der Waals surface area contributed by atoms with Crippen molar-refractivity contribution in [2.24, 2.45) is 0 Å². The minimum Gasteiger partial charge on any atom is -0.507 e. The summed E-state index contributed by atoms with van der Waals surface area (Å²) < 4.78 is 16.8. The van der Waals surface area contributed by atoms with Crippen LogP contribution in [-0.4, -0.2) is 37.1 Å². The summed E-state index contributed by atoms with van der Waals surface area (Å²) in [6.45, 7) is 6.43. The van der Waals surface area contributed by atoms with Crippen LogP contribution in [0.2, 0.25) is 0 Å². The molecule has 1 unspecified atom stereocenters. The molecule has 7 heteroatoms. The van der Waals surface area contributed by atoms with E-state index in [9.17, 15) is 14.7 Å². The predicted octanol–water partition coefficient (Wildman–Crippen LogP) is 5.43. The van der Waals surface area contributed by atoms with Crippen molar-refractivity contribution in [2.45, 2.75) is 26.8 Å². The third kappa shape index (κ3) is 4.52. The van der Waals surface area contributed by atoms with Crippen molar-refractivity contribution in [3.05, 3.63) is 89.0 Å². The first kappa shape index (κ1) is 24.9. The normalized spacial score (nSPS) is 16.8. The van der Waals surface area contributed by atoms with E-state index in [1.54, 1.807) is 42.5 Å². The number of ether oxygens (including phenoxy) is 3. The van der Waals surface area contributed by atoms with Gasteiger partial charge in [-0.3, -0.25) is 14.5 Å². The molecule has 7 nitrogen and oxygen atoms in total. The Labute approximate surface area is 210 Å². The summed E-state index contributed by atoms with van der Waals surface area (Å²) in [6.07, 6.45) is 0. The number of amides is 1. The number of hydrogen-bond acceptors (Lipinski definition) is 6. The van der Waals surface area contributed by atoms with Crippen LogP contribution >= 0.6 is 0 Å². The molecule has 1 amide bonds. The molecule has 0 aliphatic carbocycles. The average molecular weight is 488 g/mol. The molecule has 1 atom stereocenters. The van der Waals surface area contributed by atoms with Crippen LogP contribution in [0.15, 0.2) is 72.3 Å². The summed E-state index contributed by atoms with van der Waals surface area (Å²) in [5.41, 5.74) is 2.35. The second-order valence-corrected chi connectivity index (χ2v) is 8.28. The molecular formula is C29H29NO6. The van der Waals surface area contributed by atoms with Gasteiger partial charge in [0, 0.05) is 6.07 Å². The molecular weight excluding hydrogens is 458 g/mol. The van der Waals surface area contributed by atoms with E-state index >= 15 is 0 Å². The summed E-state index contributed by atoms with van der Waals surface area (Å²) in [7, 11) is 1.51. The zero-order valence-corrected chi connectivity index (χ0v) is 20.8. The van der Waals surface area contributed by atoms with E-state index in [-0.39, 0.29) is 11.3 Å². The van der Waals surface area contributed by atoms with Crippen molar-refractivity contribution in [3.63, 3.8) is 0 Å². The quantitative estimate of drug-likeness (QED) is 0.259. The minimum atomic E-state index is -0.873. The molecule has 3 aromatic rings. The van der Waals surface area contributed by atoms with Crippen LogP contribution in [0.4, 0.5) is 5.69 Å². The van der Waals surface area contributed by atoms with Crippen LogP contribution in [0.3, 0.4) is 0 Å². The number of benzene rings is 3. The van der Waals surface area contributed by atoms with Crippen molar-refractivity contribution in [1.82, 2.24) is 0 Å². The lowest BCUT2D eigenvalue weighted by molar-refractivity contribution is -0.132. The predicted molar refractivity (Wildman–Crippen MR) is 138 cm³/mol. The Morgan fingerprint density at radius 2 is 1.67 bits per heavy atom. The molecule has 4 rings (SSSR count). The molecule has 1 fully saturated rings. The largest absolute Gasteiger partial charge is 0.507 e. The van der Waals surface area contributed by atoms with Crippen LogP contribution in [0.25, 0.3) is 5.76 Å². The maximum Gasteiger partial charge on any atom is 0.300 e. The summed E-state index contributed by atoms with van der Waals surface area (Å²) in [5, 5.41) is 11.6. The summed E-state index contributed by atoms with van der Waals surface area (Å²) >= 11 is 0. The molecule has 0 bridgehead atoms. The molecule has 36 heavy (non-hydrogen) atoms. The highest BCUT2D eigenvalue weighted by molar-refractivity contribution is 6.52. The monoisotopic (exact) mass is 487 g/mol. The van der Waals surface area contributed by atoms with Crippen molar-refractivity contribution < 1.29 is 28.9 Å². The first-order valence-electron chi connectivity index (χ1n) is 11.8.